The number of ether oxygens (including phenoxy) is 1. The standard InChI is InChI=1S/C10H15N3O5S/c14-10(15)8-12-7-9(6-11-12)19(16,17)13-2-1-4-18-5-3-13/h6-7H,1-5,8H2,(H,14,15). The predicted octanol–water partition coefficient (Wildman–Crippen LogP) is -0.621. The van der Waals surface area contributed by atoms with Gasteiger partial charge < -0.3 is 9.84 Å². The summed E-state index contributed by atoms with van der Waals surface area (Å²) in [6, 6.07) is 0. The summed E-state index contributed by atoms with van der Waals surface area (Å²) in [5, 5.41) is 12.4. The third-order valence-corrected chi connectivity index (χ3v) is 4.58. The van der Waals surface area contributed by atoms with Gasteiger partial charge in [0.15, 0.2) is 0 Å². The van der Waals surface area contributed by atoms with E-state index in [0.717, 1.165) is 4.68 Å². The lowest BCUT2D eigenvalue weighted by molar-refractivity contribution is -0.137. The van der Waals surface area contributed by atoms with Crippen molar-refractivity contribution in [3.05, 3.63) is 12.4 Å². The highest BCUT2D eigenvalue weighted by atomic mass is 32.2. The molecule has 8 nitrogen and oxygen atoms in total. The molecule has 0 unspecified atom stereocenters. The fraction of sp³-hybridized carbons (Fsp3) is 0.600. The van der Waals surface area contributed by atoms with E-state index in [-0.39, 0.29) is 11.4 Å². The molecule has 2 rings (SSSR count). The average Bonchev–Trinajstić information content (AvgIpc) is 2.64. The van der Waals surface area contributed by atoms with E-state index in [0.29, 0.717) is 32.7 Å². The van der Waals surface area contributed by atoms with Crippen LogP contribution in [0.15, 0.2) is 17.3 Å². The minimum atomic E-state index is -3.62. The Bertz CT molecular complexity index is 545. The molecule has 106 valence electrons. The Hall–Kier alpha value is -1.45. The average molecular weight is 289 g/mol. The zero-order valence-electron chi connectivity index (χ0n) is 10.2. The van der Waals surface area contributed by atoms with E-state index in [1.54, 1.807) is 0 Å². The fourth-order valence-corrected chi connectivity index (χ4v) is 3.23. The predicted molar refractivity (Wildman–Crippen MR) is 64.1 cm³/mol. The van der Waals surface area contributed by atoms with Crippen molar-refractivity contribution < 1.29 is 23.1 Å². The molecule has 0 aliphatic carbocycles. The van der Waals surface area contributed by atoms with Crippen LogP contribution in [-0.2, 0) is 26.1 Å². The van der Waals surface area contributed by atoms with Crippen molar-refractivity contribution in [3.63, 3.8) is 0 Å². The summed E-state index contributed by atoms with van der Waals surface area (Å²) >= 11 is 0. The second-order valence-electron chi connectivity index (χ2n) is 4.14. The number of nitrogens with zero attached hydrogens (tertiary/aromatic N) is 3. The van der Waals surface area contributed by atoms with Crippen LogP contribution in [0.3, 0.4) is 0 Å². The number of aromatic nitrogens is 2. The van der Waals surface area contributed by atoms with Crippen LogP contribution in [0.4, 0.5) is 0 Å². The van der Waals surface area contributed by atoms with Crippen molar-refractivity contribution in [1.82, 2.24) is 14.1 Å². The molecule has 0 amide bonds. The molecular weight excluding hydrogens is 274 g/mol. The third kappa shape index (κ3) is 3.31. The maximum atomic E-state index is 12.3. The molecule has 0 atom stereocenters. The molecule has 19 heavy (non-hydrogen) atoms. The highest BCUT2D eigenvalue weighted by molar-refractivity contribution is 7.89. The number of carbonyl (C=O) groups is 1. The summed E-state index contributed by atoms with van der Waals surface area (Å²) in [7, 11) is -3.62. The van der Waals surface area contributed by atoms with Gasteiger partial charge in [-0.15, -0.1) is 0 Å². The molecule has 1 aliphatic rings. The van der Waals surface area contributed by atoms with Gasteiger partial charge in [-0.25, -0.2) is 8.42 Å². The van der Waals surface area contributed by atoms with E-state index in [1.165, 1.54) is 16.7 Å². The monoisotopic (exact) mass is 289 g/mol. The molecule has 1 aromatic heterocycles. The van der Waals surface area contributed by atoms with Gasteiger partial charge in [-0.05, 0) is 6.42 Å². The number of rotatable bonds is 4. The molecule has 1 N–H and O–H groups in total. The van der Waals surface area contributed by atoms with E-state index < -0.39 is 16.0 Å². The maximum Gasteiger partial charge on any atom is 0.325 e. The second kappa shape index (κ2) is 5.68. The summed E-state index contributed by atoms with van der Waals surface area (Å²) in [5.74, 6) is -1.07. The molecular formula is C10H15N3O5S. The molecule has 0 aromatic carbocycles. The molecule has 9 heteroatoms. The number of carboxylic acids is 1. The highest BCUT2D eigenvalue weighted by Crippen LogP contribution is 2.16. The van der Waals surface area contributed by atoms with E-state index in [9.17, 15) is 13.2 Å². The van der Waals surface area contributed by atoms with Gasteiger partial charge in [0.05, 0.1) is 12.8 Å². The highest BCUT2D eigenvalue weighted by Gasteiger charge is 2.26. The molecule has 1 aliphatic heterocycles. The van der Waals surface area contributed by atoms with Gasteiger partial charge in [0, 0.05) is 25.9 Å². The molecule has 2 heterocycles. The summed E-state index contributed by atoms with van der Waals surface area (Å²) in [6.07, 6.45) is 3.04. The molecule has 1 aromatic rings. The van der Waals surface area contributed by atoms with Crippen LogP contribution >= 0.6 is 0 Å². The lowest BCUT2D eigenvalue weighted by Crippen LogP contribution is -2.33. The lowest BCUT2D eigenvalue weighted by Gasteiger charge is -2.17. The van der Waals surface area contributed by atoms with E-state index in [2.05, 4.69) is 5.10 Å². The first-order valence-corrected chi connectivity index (χ1v) is 7.26. The summed E-state index contributed by atoms with van der Waals surface area (Å²) in [5.41, 5.74) is 0. The maximum absolute atomic E-state index is 12.3. The van der Waals surface area contributed by atoms with Crippen LogP contribution in [0.1, 0.15) is 6.42 Å². The number of sulfonamides is 1. The van der Waals surface area contributed by atoms with Crippen molar-refractivity contribution in [2.45, 2.75) is 17.9 Å². The molecule has 0 saturated carbocycles. The Labute approximate surface area is 110 Å². The molecule has 0 radical (unpaired) electrons. The van der Waals surface area contributed by atoms with Crippen LogP contribution in [0.25, 0.3) is 0 Å². The Morgan fingerprint density at radius 2 is 2.21 bits per heavy atom. The first kappa shape index (κ1) is 14.0. The first-order chi connectivity index (χ1) is 9.00. The molecule has 1 saturated heterocycles. The minimum Gasteiger partial charge on any atom is -0.480 e. The fourth-order valence-electron chi connectivity index (χ4n) is 1.82. The van der Waals surface area contributed by atoms with Crippen LogP contribution < -0.4 is 0 Å². The van der Waals surface area contributed by atoms with Gasteiger partial charge in [-0.3, -0.25) is 9.48 Å². The Balaban J connectivity index is 2.18. The van der Waals surface area contributed by atoms with Crippen molar-refractivity contribution in [2.75, 3.05) is 26.3 Å². The van der Waals surface area contributed by atoms with E-state index >= 15 is 0 Å². The van der Waals surface area contributed by atoms with Crippen molar-refractivity contribution >= 4 is 16.0 Å². The van der Waals surface area contributed by atoms with Crippen LogP contribution in [-0.4, -0.2) is 59.9 Å². The molecule has 0 spiro atoms. The first-order valence-electron chi connectivity index (χ1n) is 5.82. The quantitative estimate of drug-likeness (QED) is 0.792. The van der Waals surface area contributed by atoms with Crippen LogP contribution in [0.5, 0.6) is 0 Å². The van der Waals surface area contributed by atoms with Gasteiger partial charge in [0.25, 0.3) is 0 Å². The summed E-state index contributed by atoms with van der Waals surface area (Å²) < 4.78 is 32.2. The van der Waals surface area contributed by atoms with Gasteiger partial charge >= 0.3 is 5.97 Å². The minimum absolute atomic E-state index is 0.00986. The third-order valence-electron chi connectivity index (χ3n) is 2.73. The van der Waals surface area contributed by atoms with E-state index in [1.807, 2.05) is 0 Å². The SMILES string of the molecule is O=C(O)Cn1cc(S(=O)(=O)N2CCCOCC2)cn1. The molecule has 1 fully saturated rings. The number of hydrogen-bond donors (Lipinski definition) is 1. The van der Waals surface area contributed by atoms with Crippen molar-refractivity contribution in [1.29, 1.82) is 0 Å². The number of aliphatic carboxylic acids is 1. The second-order valence-corrected chi connectivity index (χ2v) is 6.08. The van der Waals surface area contributed by atoms with Gasteiger partial charge in [-0.1, -0.05) is 0 Å². The summed E-state index contributed by atoms with van der Waals surface area (Å²) in [4.78, 5) is 10.5. The topological polar surface area (TPSA) is 102 Å². The van der Waals surface area contributed by atoms with Crippen molar-refractivity contribution in [2.24, 2.45) is 0 Å². The smallest absolute Gasteiger partial charge is 0.325 e. The Morgan fingerprint density at radius 1 is 1.42 bits per heavy atom. The van der Waals surface area contributed by atoms with Gasteiger partial charge in [0.1, 0.15) is 11.4 Å². The molecule has 0 bridgehead atoms. The Kier molecular flexibility index (Phi) is 4.17. The normalized spacial score (nSPS) is 18.1. The van der Waals surface area contributed by atoms with Crippen LogP contribution in [0, 0.1) is 0 Å². The lowest BCUT2D eigenvalue weighted by atomic mass is 10.5. The van der Waals surface area contributed by atoms with Gasteiger partial charge in [-0.2, -0.15) is 9.40 Å². The number of carboxylic acid groups (broad SMARTS) is 1. The largest absolute Gasteiger partial charge is 0.480 e. The zero-order valence-corrected chi connectivity index (χ0v) is 11.0. The van der Waals surface area contributed by atoms with Gasteiger partial charge in [0.2, 0.25) is 10.0 Å². The number of hydrogen-bond acceptors (Lipinski definition) is 5. The summed E-state index contributed by atoms with van der Waals surface area (Å²) in [6.45, 7) is 1.24. The van der Waals surface area contributed by atoms with E-state index in [4.69, 9.17) is 9.84 Å². The van der Waals surface area contributed by atoms with Crippen LogP contribution in [0.2, 0.25) is 0 Å². The Morgan fingerprint density at radius 3 is 2.95 bits per heavy atom. The zero-order chi connectivity index (χ0) is 13.9. The van der Waals surface area contributed by atoms with Crippen molar-refractivity contribution in [3.8, 4) is 0 Å².